The first kappa shape index (κ1) is 12.9. The summed E-state index contributed by atoms with van der Waals surface area (Å²) < 4.78 is 0.574. The van der Waals surface area contributed by atoms with Crippen molar-refractivity contribution in [3.63, 3.8) is 0 Å². The normalized spacial score (nSPS) is 12.2. The second-order valence-electron chi connectivity index (χ2n) is 3.33. The molecule has 1 aromatic heterocycles. The van der Waals surface area contributed by atoms with E-state index in [1.54, 1.807) is 0 Å². The van der Waals surface area contributed by atoms with Crippen molar-refractivity contribution >= 4 is 27.4 Å². The molecule has 1 aromatic rings. The maximum absolute atomic E-state index is 10.8. The second-order valence-corrected chi connectivity index (χ2v) is 4.24. The summed E-state index contributed by atoms with van der Waals surface area (Å²) in [4.78, 5) is 14.2. The molecule has 0 spiro atoms. The number of nitrogens with one attached hydrogen (secondary N) is 1. The van der Waals surface area contributed by atoms with E-state index in [-0.39, 0.29) is 17.5 Å². The third-order valence-corrected chi connectivity index (χ3v) is 2.52. The quantitative estimate of drug-likeness (QED) is 0.637. The molecule has 0 saturated heterocycles. The first-order valence-corrected chi connectivity index (χ1v) is 5.63. The molecule has 0 radical (unpaired) electrons. The fourth-order valence-corrected chi connectivity index (χ4v) is 1.40. The standard InChI is InChI=1S/C9H13BrN4O2/c1-2-7(11)5-13-9-8(14(15)16)3-6(10)4-12-9/h3-4,7H,2,5,11H2,1H3,(H,12,13). The van der Waals surface area contributed by atoms with Crippen LogP contribution in [0.25, 0.3) is 0 Å². The molecule has 16 heavy (non-hydrogen) atoms. The Morgan fingerprint density at radius 1 is 1.75 bits per heavy atom. The Morgan fingerprint density at radius 2 is 2.44 bits per heavy atom. The Kier molecular flexibility index (Phi) is 4.63. The lowest BCUT2D eigenvalue weighted by Crippen LogP contribution is -2.28. The van der Waals surface area contributed by atoms with Crippen molar-refractivity contribution in [2.24, 2.45) is 5.73 Å². The number of nitrogens with two attached hydrogens (primary N) is 1. The van der Waals surface area contributed by atoms with Gasteiger partial charge in [0.25, 0.3) is 0 Å². The molecule has 3 N–H and O–H groups in total. The predicted molar refractivity (Wildman–Crippen MR) is 65.3 cm³/mol. The molecular formula is C9H13BrN4O2. The number of pyridine rings is 1. The van der Waals surface area contributed by atoms with Gasteiger partial charge in [0, 0.05) is 29.3 Å². The summed E-state index contributed by atoms with van der Waals surface area (Å²) in [7, 11) is 0. The van der Waals surface area contributed by atoms with Crippen molar-refractivity contribution in [3.8, 4) is 0 Å². The maximum Gasteiger partial charge on any atom is 0.312 e. The lowest BCUT2D eigenvalue weighted by atomic mass is 10.2. The van der Waals surface area contributed by atoms with E-state index in [2.05, 4.69) is 26.2 Å². The van der Waals surface area contributed by atoms with Crippen molar-refractivity contribution in [2.75, 3.05) is 11.9 Å². The minimum atomic E-state index is -0.475. The Hall–Kier alpha value is -1.21. The van der Waals surface area contributed by atoms with Gasteiger partial charge in [-0.1, -0.05) is 6.92 Å². The van der Waals surface area contributed by atoms with Gasteiger partial charge in [-0.2, -0.15) is 0 Å². The summed E-state index contributed by atoms with van der Waals surface area (Å²) >= 11 is 3.14. The van der Waals surface area contributed by atoms with Crippen LogP contribution in [0.5, 0.6) is 0 Å². The van der Waals surface area contributed by atoms with Gasteiger partial charge in [-0.15, -0.1) is 0 Å². The fourth-order valence-electron chi connectivity index (χ4n) is 1.08. The third kappa shape index (κ3) is 3.42. The Morgan fingerprint density at radius 3 is 3.00 bits per heavy atom. The van der Waals surface area contributed by atoms with E-state index < -0.39 is 4.92 Å². The van der Waals surface area contributed by atoms with Crippen molar-refractivity contribution in [1.82, 2.24) is 4.98 Å². The third-order valence-electron chi connectivity index (χ3n) is 2.09. The summed E-state index contributed by atoms with van der Waals surface area (Å²) in [6.45, 7) is 2.42. The highest BCUT2D eigenvalue weighted by molar-refractivity contribution is 9.10. The van der Waals surface area contributed by atoms with Crippen molar-refractivity contribution in [1.29, 1.82) is 0 Å². The van der Waals surface area contributed by atoms with Crippen LogP contribution in [0.3, 0.4) is 0 Å². The molecule has 88 valence electrons. The van der Waals surface area contributed by atoms with Gasteiger partial charge in [0.15, 0.2) is 0 Å². The average molecular weight is 289 g/mol. The minimum Gasteiger partial charge on any atom is -0.363 e. The van der Waals surface area contributed by atoms with Gasteiger partial charge in [-0.25, -0.2) is 4.98 Å². The predicted octanol–water partition coefficient (Wildman–Crippen LogP) is 1.90. The number of anilines is 1. The molecule has 1 rings (SSSR count). The van der Waals surface area contributed by atoms with Crippen LogP contribution in [0.15, 0.2) is 16.7 Å². The van der Waals surface area contributed by atoms with E-state index in [9.17, 15) is 10.1 Å². The number of nitro groups is 1. The van der Waals surface area contributed by atoms with Crippen molar-refractivity contribution in [3.05, 3.63) is 26.9 Å². The van der Waals surface area contributed by atoms with Crippen molar-refractivity contribution in [2.45, 2.75) is 19.4 Å². The summed E-state index contributed by atoms with van der Waals surface area (Å²) in [6, 6.07) is 1.37. The van der Waals surface area contributed by atoms with Gasteiger partial charge >= 0.3 is 5.69 Å². The first-order chi connectivity index (χ1) is 7.54. The van der Waals surface area contributed by atoms with E-state index >= 15 is 0 Å². The van der Waals surface area contributed by atoms with Gasteiger partial charge in [0.1, 0.15) is 0 Å². The molecule has 0 aliphatic heterocycles. The van der Waals surface area contributed by atoms with Crippen LogP contribution in [-0.2, 0) is 0 Å². The number of rotatable bonds is 5. The topological polar surface area (TPSA) is 94.1 Å². The molecule has 0 aromatic carbocycles. The highest BCUT2D eigenvalue weighted by atomic mass is 79.9. The Labute approximate surface area is 102 Å². The lowest BCUT2D eigenvalue weighted by molar-refractivity contribution is -0.384. The molecule has 0 bridgehead atoms. The molecule has 0 saturated carbocycles. The van der Waals surface area contributed by atoms with Gasteiger partial charge in [-0.3, -0.25) is 10.1 Å². The summed E-state index contributed by atoms with van der Waals surface area (Å²) in [5.41, 5.74) is 5.65. The number of hydrogen-bond acceptors (Lipinski definition) is 5. The van der Waals surface area contributed by atoms with Gasteiger partial charge < -0.3 is 11.1 Å². The van der Waals surface area contributed by atoms with Crippen LogP contribution in [0, 0.1) is 10.1 Å². The van der Waals surface area contributed by atoms with Gasteiger partial charge in [-0.05, 0) is 22.4 Å². The van der Waals surface area contributed by atoms with Gasteiger partial charge in [0.05, 0.1) is 4.92 Å². The smallest absolute Gasteiger partial charge is 0.312 e. The van der Waals surface area contributed by atoms with Crippen LogP contribution < -0.4 is 11.1 Å². The zero-order valence-corrected chi connectivity index (χ0v) is 10.4. The van der Waals surface area contributed by atoms with Crippen molar-refractivity contribution < 1.29 is 4.92 Å². The average Bonchev–Trinajstić information content (AvgIpc) is 2.26. The van der Waals surface area contributed by atoms with Gasteiger partial charge in [0.2, 0.25) is 5.82 Å². The zero-order valence-electron chi connectivity index (χ0n) is 8.81. The first-order valence-electron chi connectivity index (χ1n) is 4.84. The Balaban J connectivity index is 2.82. The number of halogens is 1. The van der Waals surface area contributed by atoms with Crippen LogP contribution in [0.1, 0.15) is 13.3 Å². The molecular weight excluding hydrogens is 276 g/mol. The molecule has 0 aliphatic rings. The molecule has 1 heterocycles. The summed E-state index contributed by atoms with van der Waals surface area (Å²) in [5, 5.41) is 13.6. The monoisotopic (exact) mass is 288 g/mol. The fraction of sp³-hybridized carbons (Fsp3) is 0.444. The van der Waals surface area contributed by atoms with E-state index in [0.29, 0.717) is 11.0 Å². The van der Waals surface area contributed by atoms with Crippen LogP contribution in [-0.4, -0.2) is 22.5 Å². The van der Waals surface area contributed by atoms with E-state index in [1.165, 1.54) is 12.3 Å². The molecule has 0 fully saturated rings. The molecule has 7 heteroatoms. The highest BCUT2D eigenvalue weighted by Crippen LogP contribution is 2.25. The van der Waals surface area contributed by atoms with Crippen LogP contribution >= 0.6 is 15.9 Å². The van der Waals surface area contributed by atoms with E-state index in [0.717, 1.165) is 6.42 Å². The second kappa shape index (κ2) is 5.76. The molecule has 6 nitrogen and oxygen atoms in total. The maximum atomic E-state index is 10.8. The van der Waals surface area contributed by atoms with Crippen LogP contribution in [0.4, 0.5) is 11.5 Å². The number of aromatic nitrogens is 1. The molecule has 1 atom stereocenters. The largest absolute Gasteiger partial charge is 0.363 e. The zero-order chi connectivity index (χ0) is 12.1. The van der Waals surface area contributed by atoms with E-state index in [4.69, 9.17) is 5.73 Å². The van der Waals surface area contributed by atoms with Crippen LogP contribution in [0.2, 0.25) is 0 Å². The lowest BCUT2D eigenvalue weighted by Gasteiger charge is -2.10. The molecule has 0 aliphatic carbocycles. The minimum absolute atomic E-state index is 0.0370. The summed E-state index contributed by atoms with van der Waals surface area (Å²) in [5.74, 6) is 0.247. The molecule has 0 amide bonds. The number of hydrogen-bond donors (Lipinski definition) is 2. The Bertz CT molecular complexity index is 386. The van der Waals surface area contributed by atoms with E-state index in [1.807, 2.05) is 6.92 Å². The highest BCUT2D eigenvalue weighted by Gasteiger charge is 2.15. The SMILES string of the molecule is CCC(N)CNc1ncc(Br)cc1[N+](=O)[O-]. The molecule has 1 unspecified atom stereocenters. The summed E-state index contributed by atoms with van der Waals surface area (Å²) in [6.07, 6.45) is 2.31. The number of nitrogens with zero attached hydrogens (tertiary/aromatic N) is 2.